The van der Waals surface area contributed by atoms with Crippen molar-refractivity contribution in [2.24, 2.45) is 5.16 Å². The van der Waals surface area contributed by atoms with E-state index in [9.17, 15) is 15.3 Å². The topological polar surface area (TPSA) is 105 Å². The highest BCUT2D eigenvalue weighted by atomic mass is 32.1. The van der Waals surface area contributed by atoms with Gasteiger partial charge in [0.15, 0.2) is 4.80 Å². The van der Waals surface area contributed by atoms with Gasteiger partial charge in [-0.1, -0.05) is 5.16 Å². The van der Waals surface area contributed by atoms with Gasteiger partial charge < -0.3 is 9.77 Å². The van der Waals surface area contributed by atoms with E-state index in [-0.39, 0.29) is 5.69 Å². The van der Waals surface area contributed by atoms with Crippen LogP contribution in [0.3, 0.4) is 0 Å². The molecule has 0 saturated carbocycles. The molecule has 23 heavy (non-hydrogen) atoms. The van der Waals surface area contributed by atoms with Gasteiger partial charge in [0.1, 0.15) is 5.71 Å². The maximum atomic E-state index is 10.7. The zero-order chi connectivity index (χ0) is 16.4. The molecule has 1 aliphatic rings. The third-order valence-electron chi connectivity index (χ3n) is 4.02. The molecule has 0 bridgehead atoms. The number of non-ortho nitro benzene ring substituents is 1. The van der Waals surface area contributed by atoms with E-state index in [1.165, 1.54) is 28.3 Å². The van der Waals surface area contributed by atoms with E-state index in [2.05, 4.69) is 5.16 Å². The van der Waals surface area contributed by atoms with Crippen LogP contribution in [-0.4, -0.2) is 20.4 Å². The highest BCUT2D eigenvalue weighted by Gasteiger charge is 2.18. The average molecular weight is 332 g/mol. The SMILES string of the molecule is N=c1sc2c(n1C/C(=N\O)c1ccc([N+](=O)[O-])cc1)CCCC2. The van der Waals surface area contributed by atoms with E-state index in [0.29, 0.717) is 22.6 Å². The van der Waals surface area contributed by atoms with Crippen molar-refractivity contribution in [3.8, 4) is 0 Å². The quantitative estimate of drug-likeness (QED) is 0.389. The molecule has 1 aromatic carbocycles. The van der Waals surface area contributed by atoms with Crippen molar-refractivity contribution in [3.05, 3.63) is 55.3 Å². The average Bonchev–Trinajstić information content (AvgIpc) is 2.88. The summed E-state index contributed by atoms with van der Waals surface area (Å²) < 4.78 is 1.87. The number of nitro groups is 1. The van der Waals surface area contributed by atoms with Crippen molar-refractivity contribution < 1.29 is 10.1 Å². The van der Waals surface area contributed by atoms with Crippen LogP contribution in [0.1, 0.15) is 29.0 Å². The molecule has 0 fully saturated rings. The molecule has 7 nitrogen and oxygen atoms in total. The molecule has 0 spiro atoms. The Balaban J connectivity index is 1.90. The number of nitrogens with zero attached hydrogens (tertiary/aromatic N) is 3. The minimum atomic E-state index is -0.467. The molecule has 8 heteroatoms. The number of nitro benzene ring substituents is 1. The summed E-state index contributed by atoms with van der Waals surface area (Å²) in [6, 6.07) is 5.90. The van der Waals surface area contributed by atoms with Crippen LogP contribution < -0.4 is 4.80 Å². The normalized spacial score (nSPS) is 14.5. The third-order valence-corrected chi connectivity index (χ3v) is 5.12. The predicted molar refractivity (Wildman–Crippen MR) is 86.2 cm³/mol. The zero-order valence-corrected chi connectivity index (χ0v) is 13.2. The Morgan fingerprint density at radius 3 is 2.70 bits per heavy atom. The number of fused-ring (bicyclic) bond motifs is 1. The van der Waals surface area contributed by atoms with E-state index in [1.54, 1.807) is 12.1 Å². The van der Waals surface area contributed by atoms with E-state index < -0.39 is 4.92 Å². The molecular weight excluding hydrogens is 316 g/mol. The number of hydrogen-bond acceptors (Lipinski definition) is 6. The monoisotopic (exact) mass is 332 g/mol. The lowest BCUT2D eigenvalue weighted by Crippen LogP contribution is -2.23. The molecule has 1 aliphatic carbocycles. The van der Waals surface area contributed by atoms with Gasteiger partial charge in [-0.25, -0.2) is 0 Å². The fourth-order valence-corrected chi connectivity index (χ4v) is 3.92. The first-order valence-corrected chi connectivity index (χ1v) is 8.13. The summed E-state index contributed by atoms with van der Waals surface area (Å²) in [6.45, 7) is 0.291. The molecule has 2 aromatic rings. The molecule has 0 saturated heterocycles. The van der Waals surface area contributed by atoms with E-state index in [1.807, 2.05) is 4.57 Å². The van der Waals surface area contributed by atoms with E-state index >= 15 is 0 Å². The van der Waals surface area contributed by atoms with Crippen LogP contribution in [0.2, 0.25) is 0 Å². The van der Waals surface area contributed by atoms with Crippen molar-refractivity contribution in [3.63, 3.8) is 0 Å². The second-order valence-electron chi connectivity index (χ2n) is 5.42. The maximum Gasteiger partial charge on any atom is 0.269 e. The highest BCUT2D eigenvalue weighted by Crippen LogP contribution is 2.24. The number of thiazole rings is 1. The molecule has 0 aliphatic heterocycles. The zero-order valence-electron chi connectivity index (χ0n) is 12.4. The number of rotatable bonds is 4. The Kier molecular flexibility index (Phi) is 4.24. The van der Waals surface area contributed by atoms with Crippen molar-refractivity contribution >= 4 is 22.7 Å². The van der Waals surface area contributed by atoms with E-state index in [0.717, 1.165) is 31.4 Å². The number of aromatic nitrogens is 1. The van der Waals surface area contributed by atoms with Crippen molar-refractivity contribution in [2.45, 2.75) is 32.2 Å². The largest absolute Gasteiger partial charge is 0.411 e. The molecule has 1 aromatic heterocycles. The summed E-state index contributed by atoms with van der Waals surface area (Å²) >= 11 is 1.47. The Morgan fingerprint density at radius 2 is 2.04 bits per heavy atom. The van der Waals surface area contributed by atoms with Gasteiger partial charge in [-0.2, -0.15) is 0 Å². The Morgan fingerprint density at radius 1 is 1.35 bits per heavy atom. The molecule has 0 amide bonds. The highest BCUT2D eigenvalue weighted by molar-refractivity contribution is 7.09. The Labute approximate surface area is 136 Å². The second kappa shape index (κ2) is 6.33. The van der Waals surface area contributed by atoms with Crippen LogP contribution in [0.4, 0.5) is 5.69 Å². The number of nitrogens with one attached hydrogen (secondary N) is 1. The van der Waals surface area contributed by atoms with Gasteiger partial charge in [-0.3, -0.25) is 15.5 Å². The fourth-order valence-electron chi connectivity index (χ4n) is 2.82. The summed E-state index contributed by atoms with van der Waals surface area (Å²) in [5, 5.41) is 31.5. The van der Waals surface area contributed by atoms with Crippen LogP contribution in [0.25, 0.3) is 0 Å². The summed E-state index contributed by atoms with van der Waals surface area (Å²) in [4.78, 5) is 11.9. The lowest BCUT2D eigenvalue weighted by atomic mass is 10.0. The first-order chi connectivity index (χ1) is 11.1. The van der Waals surface area contributed by atoms with Gasteiger partial charge in [-0.15, -0.1) is 11.3 Å². The summed E-state index contributed by atoms with van der Waals surface area (Å²) in [7, 11) is 0. The maximum absolute atomic E-state index is 10.7. The van der Waals surface area contributed by atoms with Gasteiger partial charge in [0.05, 0.1) is 11.5 Å². The summed E-state index contributed by atoms with van der Waals surface area (Å²) in [5.41, 5.74) is 2.15. The minimum absolute atomic E-state index is 0.00668. The number of aryl methyl sites for hydroxylation is 1. The molecule has 120 valence electrons. The molecule has 0 unspecified atom stereocenters. The van der Waals surface area contributed by atoms with E-state index in [4.69, 9.17) is 5.41 Å². The van der Waals surface area contributed by atoms with Gasteiger partial charge in [0.2, 0.25) is 0 Å². The molecule has 3 rings (SSSR count). The smallest absolute Gasteiger partial charge is 0.269 e. The van der Waals surface area contributed by atoms with Gasteiger partial charge in [0, 0.05) is 28.3 Å². The minimum Gasteiger partial charge on any atom is -0.411 e. The summed E-state index contributed by atoms with van der Waals surface area (Å²) in [6.07, 6.45) is 4.19. The summed E-state index contributed by atoms with van der Waals surface area (Å²) in [5.74, 6) is 0. The van der Waals surface area contributed by atoms with Gasteiger partial charge >= 0.3 is 0 Å². The van der Waals surface area contributed by atoms with Crippen LogP contribution in [0.15, 0.2) is 29.4 Å². The lowest BCUT2D eigenvalue weighted by molar-refractivity contribution is -0.384. The van der Waals surface area contributed by atoms with Crippen LogP contribution >= 0.6 is 11.3 Å². The molecule has 1 heterocycles. The molecule has 2 N–H and O–H groups in total. The molecule has 0 radical (unpaired) electrons. The predicted octanol–water partition coefficient (Wildman–Crippen LogP) is 2.69. The first-order valence-electron chi connectivity index (χ1n) is 7.32. The first kappa shape index (κ1) is 15.4. The van der Waals surface area contributed by atoms with Crippen molar-refractivity contribution in [1.29, 1.82) is 5.41 Å². The third kappa shape index (κ3) is 3.02. The van der Waals surface area contributed by atoms with Crippen LogP contribution in [0.5, 0.6) is 0 Å². The standard InChI is InChI=1S/C15H16N4O3S/c16-15-18(13-3-1-2-4-14(13)23-15)9-12(17-20)10-5-7-11(8-6-10)19(21)22/h5-8,16,20H,1-4,9H2/b16-15?,17-12+. The number of hydrogen-bond donors (Lipinski definition) is 2. The van der Waals surface area contributed by atoms with Crippen molar-refractivity contribution in [1.82, 2.24) is 4.57 Å². The molecule has 0 atom stereocenters. The fraction of sp³-hybridized carbons (Fsp3) is 0.333. The van der Waals surface area contributed by atoms with Gasteiger partial charge in [0.25, 0.3) is 5.69 Å². The second-order valence-corrected chi connectivity index (χ2v) is 6.50. The van der Waals surface area contributed by atoms with Crippen LogP contribution in [-0.2, 0) is 19.4 Å². The van der Waals surface area contributed by atoms with Gasteiger partial charge in [-0.05, 0) is 37.8 Å². The Bertz CT molecular complexity index is 820. The van der Waals surface area contributed by atoms with Crippen LogP contribution in [0, 0.1) is 15.5 Å². The lowest BCUT2D eigenvalue weighted by Gasteiger charge is -2.15. The van der Waals surface area contributed by atoms with Crippen molar-refractivity contribution in [2.75, 3.05) is 0 Å². The molecular formula is C15H16N4O3S. The number of benzene rings is 1. The number of oxime groups is 1. The Hall–Kier alpha value is -2.48.